The minimum Gasteiger partial charge on any atom is -0.302 e. The van der Waals surface area contributed by atoms with Crippen molar-refractivity contribution in [1.82, 2.24) is 0 Å². The summed E-state index contributed by atoms with van der Waals surface area (Å²) >= 11 is 1.73. The van der Waals surface area contributed by atoms with Crippen LogP contribution in [0, 0.1) is 0 Å². The largest absolute Gasteiger partial charge is 0.302 e. The molecule has 0 aliphatic carbocycles. The molecule has 0 N–H and O–H groups in total. The Bertz CT molecular complexity index is 687. The summed E-state index contributed by atoms with van der Waals surface area (Å²) in [4.78, 5) is 11.7. The van der Waals surface area contributed by atoms with E-state index in [1.54, 1.807) is 11.8 Å². The Morgan fingerprint density at radius 3 is 1.40 bits per heavy atom. The molecule has 0 radical (unpaired) electrons. The first kappa shape index (κ1) is 17.5. The van der Waals surface area contributed by atoms with Crippen molar-refractivity contribution in [3.8, 4) is 0 Å². The number of carbonyl (C=O) groups is 1. The van der Waals surface area contributed by atoms with Gasteiger partial charge in [0.25, 0.3) is 0 Å². The van der Waals surface area contributed by atoms with Crippen molar-refractivity contribution < 1.29 is 4.79 Å². The Kier molecular flexibility index (Phi) is 5.72. The average Bonchev–Trinajstić information content (AvgIpc) is 2.71. The molecule has 0 aliphatic heterocycles. The number of carbonyl (C=O) groups excluding carboxylic acids is 1. The van der Waals surface area contributed by atoms with Crippen LogP contribution in [0.5, 0.6) is 0 Å². The number of hydrogen-bond acceptors (Lipinski definition) is 2. The second kappa shape index (κ2) is 8.17. The molecular formula is C23H22OS. The molecular weight excluding hydrogens is 324 g/mol. The third kappa shape index (κ3) is 3.54. The summed E-state index contributed by atoms with van der Waals surface area (Å²) < 4.78 is -0.411. The van der Waals surface area contributed by atoms with Gasteiger partial charge in [0.05, 0.1) is 10.00 Å². The summed E-state index contributed by atoms with van der Waals surface area (Å²) in [6.07, 6.45) is 1.89. The Morgan fingerprint density at radius 1 is 0.760 bits per heavy atom. The molecule has 3 rings (SSSR count). The van der Waals surface area contributed by atoms with Crippen LogP contribution in [0.25, 0.3) is 0 Å². The minimum atomic E-state index is -0.411. The lowest BCUT2D eigenvalue weighted by Crippen LogP contribution is -2.29. The van der Waals surface area contributed by atoms with Gasteiger partial charge in [0.2, 0.25) is 0 Å². The highest BCUT2D eigenvalue weighted by Gasteiger charge is 2.38. The van der Waals surface area contributed by atoms with E-state index in [4.69, 9.17) is 0 Å². The van der Waals surface area contributed by atoms with Crippen molar-refractivity contribution in [2.24, 2.45) is 0 Å². The Balaban J connectivity index is 2.29. The standard InChI is InChI=1S/C23H22OS/c1-2-22(18-24)25-23(19-12-6-3-7-13-19,20-14-8-4-9-15-20)21-16-10-5-11-17-21/h3-18,22H,2H2,1H3. The van der Waals surface area contributed by atoms with Crippen molar-refractivity contribution in [2.45, 2.75) is 23.3 Å². The fraction of sp³-hybridized carbons (Fsp3) is 0.174. The van der Waals surface area contributed by atoms with Gasteiger partial charge in [-0.2, -0.15) is 0 Å². The summed E-state index contributed by atoms with van der Waals surface area (Å²) in [6, 6.07) is 31.5. The molecule has 25 heavy (non-hydrogen) atoms. The zero-order valence-electron chi connectivity index (χ0n) is 14.3. The first-order valence-electron chi connectivity index (χ1n) is 8.61. The van der Waals surface area contributed by atoms with Gasteiger partial charge in [-0.25, -0.2) is 0 Å². The van der Waals surface area contributed by atoms with Crippen molar-refractivity contribution in [3.05, 3.63) is 108 Å². The lowest BCUT2D eigenvalue weighted by molar-refractivity contribution is -0.107. The summed E-state index contributed by atoms with van der Waals surface area (Å²) in [5.41, 5.74) is 3.58. The van der Waals surface area contributed by atoms with Crippen LogP contribution in [0.4, 0.5) is 0 Å². The van der Waals surface area contributed by atoms with Gasteiger partial charge in [0.1, 0.15) is 6.29 Å². The van der Waals surface area contributed by atoms with Crippen LogP contribution >= 0.6 is 11.8 Å². The van der Waals surface area contributed by atoms with Gasteiger partial charge >= 0.3 is 0 Å². The van der Waals surface area contributed by atoms with Gasteiger partial charge in [-0.15, -0.1) is 11.8 Å². The zero-order chi connectivity index (χ0) is 17.5. The fourth-order valence-corrected chi connectivity index (χ4v) is 4.65. The van der Waals surface area contributed by atoms with Crippen molar-refractivity contribution in [2.75, 3.05) is 0 Å². The highest BCUT2D eigenvalue weighted by Crippen LogP contribution is 2.50. The van der Waals surface area contributed by atoms with Gasteiger partial charge in [0.15, 0.2) is 0 Å². The fourth-order valence-electron chi connectivity index (χ4n) is 3.16. The van der Waals surface area contributed by atoms with Crippen LogP contribution < -0.4 is 0 Å². The van der Waals surface area contributed by atoms with Crippen molar-refractivity contribution in [3.63, 3.8) is 0 Å². The van der Waals surface area contributed by atoms with Gasteiger partial charge in [-0.05, 0) is 23.1 Å². The van der Waals surface area contributed by atoms with E-state index in [1.807, 2.05) is 18.2 Å². The van der Waals surface area contributed by atoms with Crippen LogP contribution in [-0.4, -0.2) is 11.5 Å². The second-order valence-corrected chi connectivity index (χ2v) is 7.43. The molecule has 0 aliphatic rings. The molecule has 1 atom stereocenters. The van der Waals surface area contributed by atoms with E-state index in [9.17, 15) is 4.79 Å². The van der Waals surface area contributed by atoms with Crippen LogP contribution in [0.15, 0.2) is 91.0 Å². The van der Waals surface area contributed by atoms with Crippen LogP contribution in [-0.2, 0) is 9.54 Å². The molecule has 0 fully saturated rings. The highest BCUT2D eigenvalue weighted by atomic mass is 32.2. The molecule has 0 spiro atoms. The molecule has 1 unspecified atom stereocenters. The van der Waals surface area contributed by atoms with Crippen LogP contribution in [0.2, 0.25) is 0 Å². The smallest absolute Gasteiger partial charge is 0.132 e. The monoisotopic (exact) mass is 346 g/mol. The van der Waals surface area contributed by atoms with Crippen molar-refractivity contribution >= 4 is 18.0 Å². The van der Waals surface area contributed by atoms with Gasteiger partial charge in [-0.1, -0.05) is 97.9 Å². The molecule has 126 valence electrons. The normalized spacial score (nSPS) is 12.5. The predicted molar refractivity (Wildman–Crippen MR) is 107 cm³/mol. The quantitative estimate of drug-likeness (QED) is 0.404. The summed E-state index contributed by atoms with van der Waals surface area (Å²) in [5.74, 6) is 0. The van der Waals surface area contributed by atoms with Crippen LogP contribution in [0.1, 0.15) is 30.0 Å². The van der Waals surface area contributed by atoms with E-state index in [-0.39, 0.29) is 5.25 Å². The lowest BCUT2D eigenvalue weighted by Gasteiger charge is -2.37. The number of thioether (sulfide) groups is 1. The molecule has 0 aromatic heterocycles. The number of benzene rings is 3. The first-order valence-corrected chi connectivity index (χ1v) is 9.49. The maximum atomic E-state index is 11.7. The molecule has 0 bridgehead atoms. The molecule has 3 aromatic rings. The van der Waals surface area contributed by atoms with Gasteiger partial charge in [0, 0.05) is 0 Å². The van der Waals surface area contributed by atoms with Crippen molar-refractivity contribution in [1.29, 1.82) is 0 Å². The predicted octanol–water partition coefficient (Wildman–Crippen LogP) is 5.69. The number of aldehydes is 1. The molecule has 3 aromatic carbocycles. The number of rotatable bonds is 7. The lowest BCUT2D eigenvalue weighted by atomic mass is 9.84. The Morgan fingerprint density at radius 2 is 1.12 bits per heavy atom. The molecule has 0 amide bonds. The topological polar surface area (TPSA) is 17.1 Å². The van der Waals surface area contributed by atoms with E-state index in [0.717, 1.165) is 12.7 Å². The average molecular weight is 346 g/mol. The molecule has 1 nitrogen and oxygen atoms in total. The maximum Gasteiger partial charge on any atom is 0.132 e. The molecule has 0 saturated heterocycles. The van der Waals surface area contributed by atoms with Crippen LogP contribution in [0.3, 0.4) is 0 Å². The maximum absolute atomic E-state index is 11.7. The zero-order valence-corrected chi connectivity index (χ0v) is 15.2. The highest BCUT2D eigenvalue weighted by molar-refractivity contribution is 8.01. The second-order valence-electron chi connectivity index (χ2n) is 5.98. The Hall–Kier alpha value is -2.32. The summed E-state index contributed by atoms with van der Waals surface area (Å²) in [7, 11) is 0. The third-order valence-corrected chi connectivity index (χ3v) is 6.23. The van der Waals surface area contributed by atoms with E-state index in [1.165, 1.54) is 16.7 Å². The van der Waals surface area contributed by atoms with E-state index < -0.39 is 4.75 Å². The SMILES string of the molecule is CCC(C=O)SC(c1ccccc1)(c1ccccc1)c1ccccc1. The molecule has 2 heteroatoms. The van der Waals surface area contributed by atoms with Gasteiger partial charge < -0.3 is 4.79 Å². The van der Waals surface area contributed by atoms with Gasteiger partial charge in [-0.3, -0.25) is 0 Å². The molecule has 0 saturated carbocycles. The van der Waals surface area contributed by atoms with E-state index in [0.29, 0.717) is 0 Å². The van der Waals surface area contributed by atoms with E-state index >= 15 is 0 Å². The minimum absolute atomic E-state index is 0.0689. The Labute approximate surface area is 154 Å². The summed E-state index contributed by atoms with van der Waals surface area (Å²) in [6.45, 7) is 2.07. The summed E-state index contributed by atoms with van der Waals surface area (Å²) in [5, 5.41) is -0.0689. The molecule has 0 heterocycles. The number of hydrogen-bond donors (Lipinski definition) is 0. The van der Waals surface area contributed by atoms with E-state index in [2.05, 4.69) is 79.7 Å². The third-order valence-electron chi connectivity index (χ3n) is 4.42. The first-order chi connectivity index (χ1) is 12.3.